The van der Waals surface area contributed by atoms with E-state index in [1.165, 1.54) is 23.3 Å². The van der Waals surface area contributed by atoms with Crippen molar-refractivity contribution >= 4 is 43.2 Å². The number of piperazine rings is 1. The molecular formula is C24H30F3N7O4S2. The smallest absolute Gasteiger partial charge is 0.401 e. The zero-order valence-corrected chi connectivity index (χ0v) is 23.7. The first kappa shape index (κ1) is 28.7. The molecule has 0 atom stereocenters. The van der Waals surface area contributed by atoms with Gasteiger partial charge in [-0.3, -0.25) is 14.5 Å². The summed E-state index contributed by atoms with van der Waals surface area (Å²) in [5.74, 6) is 0.651. The molecule has 11 nitrogen and oxygen atoms in total. The van der Waals surface area contributed by atoms with E-state index in [1.807, 2.05) is 10.3 Å². The molecule has 0 bridgehead atoms. The van der Waals surface area contributed by atoms with Gasteiger partial charge in [0.05, 0.1) is 49.0 Å². The van der Waals surface area contributed by atoms with E-state index in [9.17, 15) is 21.6 Å². The van der Waals surface area contributed by atoms with Crippen molar-refractivity contribution in [2.75, 3.05) is 82.0 Å². The van der Waals surface area contributed by atoms with Crippen molar-refractivity contribution in [3.63, 3.8) is 0 Å². The lowest BCUT2D eigenvalue weighted by Crippen LogP contribution is -2.48. The molecule has 40 heavy (non-hydrogen) atoms. The zero-order chi connectivity index (χ0) is 28.5. The number of fused-ring (bicyclic) bond motifs is 1. The average Bonchev–Trinajstić information content (AvgIpc) is 3.30. The second kappa shape index (κ2) is 11.6. The molecule has 0 radical (unpaired) electrons. The van der Waals surface area contributed by atoms with Gasteiger partial charge in [0.15, 0.2) is 0 Å². The Morgan fingerprint density at radius 2 is 1.80 bits per heavy atom. The van der Waals surface area contributed by atoms with Crippen LogP contribution in [0, 0.1) is 0 Å². The number of methoxy groups -OCH3 is 1. The number of nitrogens with zero attached hydrogens (tertiary/aromatic N) is 6. The highest BCUT2D eigenvalue weighted by molar-refractivity contribution is 7.92. The maximum atomic E-state index is 12.8. The van der Waals surface area contributed by atoms with E-state index in [0.717, 1.165) is 22.0 Å². The first-order valence-corrected chi connectivity index (χ1v) is 15.4. The maximum Gasteiger partial charge on any atom is 0.401 e. The van der Waals surface area contributed by atoms with Gasteiger partial charge in [0.25, 0.3) is 0 Å². The van der Waals surface area contributed by atoms with Crippen molar-refractivity contribution in [2.45, 2.75) is 12.7 Å². The van der Waals surface area contributed by atoms with Crippen molar-refractivity contribution in [1.29, 1.82) is 0 Å². The number of morpholine rings is 1. The van der Waals surface area contributed by atoms with E-state index in [1.54, 1.807) is 12.3 Å². The Hall–Kier alpha value is -2.79. The molecule has 16 heteroatoms. The fraction of sp³-hybridized carbons (Fsp3) is 0.542. The molecule has 0 amide bonds. The van der Waals surface area contributed by atoms with Gasteiger partial charge in [-0.2, -0.15) is 13.2 Å². The van der Waals surface area contributed by atoms with Gasteiger partial charge in [-0.15, -0.1) is 11.3 Å². The number of thiophene rings is 1. The summed E-state index contributed by atoms with van der Waals surface area (Å²) in [4.78, 5) is 19.7. The topological polar surface area (TPSA) is 113 Å². The number of nitrogens with one attached hydrogen (secondary N) is 1. The summed E-state index contributed by atoms with van der Waals surface area (Å²) in [6.07, 6.45) is -1.58. The molecule has 2 saturated heterocycles. The summed E-state index contributed by atoms with van der Waals surface area (Å²) < 4.78 is 76.4. The molecule has 1 N–H and O–H groups in total. The molecule has 0 unspecified atom stereocenters. The standard InChI is InChI=1S/C24H30F3N7O4S2/c1-37-22-18(31-40(2,35)36)11-16(12-28-22)19-21-20(30-23(29-19)34-7-9-38-10-8-34)17(14-39-21)13-32-3-5-33(6-4-32)15-24(25,26)27/h11-12,14,31H,3-10,13,15H2,1-2H3. The number of sulfonamides is 1. The third-order valence-electron chi connectivity index (χ3n) is 6.65. The van der Waals surface area contributed by atoms with Crippen LogP contribution in [-0.4, -0.2) is 112 Å². The minimum atomic E-state index is -4.21. The van der Waals surface area contributed by atoms with Gasteiger partial charge in [0.1, 0.15) is 5.69 Å². The van der Waals surface area contributed by atoms with Gasteiger partial charge in [-0.25, -0.2) is 23.4 Å². The lowest BCUT2D eigenvalue weighted by atomic mass is 10.1. The molecular weight excluding hydrogens is 571 g/mol. The highest BCUT2D eigenvalue weighted by Gasteiger charge is 2.32. The van der Waals surface area contributed by atoms with Crippen LogP contribution in [0.1, 0.15) is 5.56 Å². The molecule has 218 valence electrons. The summed E-state index contributed by atoms with van der Waals surface area (Å²) in [5.41, 5.74) is 3.09. The Balaban J connectivity index is 1.49. The number of rotatable bonds is 8. The van der Waals surface area contributed by atoms with Crippen molar-refractivity contribution in [3.8, 4) is 17.1 Å². The molecule has 3 aromatic rings. The number of pyridine rings is 1. The molecule has 0 saturated carbocycles. The fourth-order valence-corrected chi connectivity index (χ4v) is 6.34. The van der Waals surface area contributed by atoms with Crippen LogP contribution in [-0.2, 0) is 21.3 Å². The number of halogens is 3. The van der Waals surface area contributed by atoms with Crippen molar-refractivity contribution in [2.24, 2.45) is 0 Å². The fourth-order valence-electron chi connectivity index (χ4n) is 4.78. The van der Waals surface area contributed by atoms with E-state index < -0.39 is 22.7 Å². The lowest BCUT2D eigenvalue weighted by Gasteiger charge is -2.34. The van der Waals surface area contributed by atoms with Crippen LogP contribution in [0.2, 0.25) is 0 Å². The number of hydrogen-bond donors (Lipinski definition) is 1. The van der Waals surface area contributed by atoms with E-state index >= 15 is 0 Å². The zero-order valence-electron chi connectivity index (χ0n) is 22.1. The van der Waals surface area contributed by atoms with Gasteiger partial charge < -0.3 is 14.4 Å². The van der Waals surface area contributed by atoms with Crippen molar-refractivity contribution in [3.05, 3.63) is 23.2 Å². The molecule has 0 aliphatic carbocycles. The summed E-state index contributed by atoms with van der Waals surface area (Å²) in [5, 5.41) is 2.00. The van der Waals surface area contributed by atoms with Crippen LogP contribution in [0.5, 0.6) is 5.88 Å². The van der Waals surface area contributed by atoms with E-state index in [-0.39, 0.29) is 11.6 Å². The minimum absolute atomic E-state index is 0.129. The van der Waals surface area contributed by atoms with Gasteiger partial charge in [0.2, 0.25) is 21.9 Å². The van der Waals surface area contributed by atoms with Crippen LogP contribution >= 0.6 is 11.3 Å². The average molecular weight is 602 g/mol. The quantitative estimate of drug-likeness (QED) is 0.414. The third kappa shape index (κ3) is 6.91. The highest BCUT2D eigenvalue weighted by Crippen LogP contribution is 2.37. The second-order valence-corrected chi connectivity index (χ2v) is 12.4. The molecule has 3 aromatic heterocycles. The highest BCUT2D eigenvalue weighted by atomic mass is 32.2. The van der Waals surface area contributed by atoms with Crippen LogP contribution in [0.15, 0.2) is 17.6 Å². The van der Waals surface area contributed by atoms with E-state index in [4.69, 9.17) is 19.4 Å². The second-order valence-electron chi connectivity index (χ2n) is 9.73. The SMILES string of the molecule is COc1ncc(-c2nc(N3CCOCC3)nc3c(CN4CCN(CC(F)(F)F)CC4)csc23)cc1NS(C)(=O)=O. The Bertz CT molecular complexity index is 1450. The Morgan fingerprint density at radius 3 is 2.45 bits per heavy atom. The number of aromatic nitrogens is 3. The first-order valence-electron chi connectivity index (χ1n) is 12.6. The summed E-state index contributed by atoms with van der Waals surface area (Å²) >= 11 is 1.46. The van der Waals surface area contributed by atoms with E-state index in [0.29, 0.717) is 76.2 Å². The van der Waals surface area contributed by atoms with Crippen LogP contribution in [0.4, 0.5) is 24.8 Å². The third-order valence-corrected chi connectivity index (χ3v) is 8.26. The molecule has 0 spiro atoms. The molecule has 2 fully saturated rings. The van der Waals surface area contributed by atoms with Crippen molar-refractivity contribution < 1.29 is 31.1 Å². The van der Waals surface area contributed by atoms with Crippen LogP contribution in [0.25, 0.3) is 21.5 Å². The Kier molecular flexibility index (Phi) is 8.33. The molecule has 0 aromatic carbocycles. The predicted molar refractivity (Wildman–Crippen MR) is 146 cm³/mol. The van der Waals surface area contributed by atoms with E-state index in [2.05, 4.69) is 14.6 Å². The van der Waals surface area contributed by atoms with Crippen LogP contribution in [0.3, 0.4) is 0 Å². The monoisotopic (exact) mass is 601 g/mol. The van der Waals surface area contributed by atoms with Gasteiger partial charge in [-0.05, 0) is 11.4 Å². The normalized spacial score (nSPS) is 17.9. The van der Waals surface area contributed by atoms with Gasteiger partial charge in [0, 0.05) is 63.1 Å². The summed E-state index contributed by atoms with van der Waals surface area (Å²) in [6, 6.07) is 1.64. The number of hydrogen-bond acceptors (Lipinski definition) is 11. The molecule has 2 aliphatic rings. The summed E-state index contributed by atoms with van der Waals surface area (Å²) in [7, 11) is -2.19. The van der Waals surface area contributed by atoms with Gasteiger partial charge in [-0.1, -0.05) is 0 Å². The number of ether oxygens (including phenoxy) is 2. The Labute approximate surface area is 234 Å². The van der Waals surface area contributed by atoms with Gasteiger partial charge >= 0.3 is 6.18 Å². The Morgan fingerprint density at radius 1 is 1.10 bits per heavy atom. The molecule has 5 heterocycles. The van der Waals surface area contributed by atoms with Crippen LogP contribution < -0.4 is 14.4 Å². The number of anilines is 2. The first-order chi connectivity index (χ1) is 19.0. The van der Waals surface area contributed by atoms with Crippen molar-refractivity contribution in [1.82, 2.24) is 24.8 Å². The molecule has 2 aliphatic heterocycles. The lowest BCUT2D eigenvalue weighted by molar-refractivity contribution is -0.149. The minimum Gasteiger partial charge on any atom is -0.480 e. The number of alkyl halides is 3. The maximum absolute atomic E-state index is 12.8. The summed E-state index contributed by atoms with van der Waals surface area (Å²) in [6.45, 7) is 3.69. The largest absolute Gasteiger partial charge is 0.480 e. The predicted octanol–water partition coefficient (Wildman–Crippen LogP) is 2.65. The molecule has 5 rings (SSSR count).